The summed E-state index contributed by atoms with van der Waals surface area (Å²) in [6, 6.07) is 26.5. The Bertz CT molecular complexity index is 917. The molecule has 0 saturated carbocycles. The average Bonchev–Trinajstić information content (AvgIpc) is 2.74. The van der Waals surface area contributed by atoms with Crippen molar-refractivity contribution in [3.63, 3.8) is 0 Å². The van der Waals surface area contributed by atoms with E-state index < -0.39 is 6.10 Å². The van der Waals surface area contributed by atoms with E-state index in [2.05, 4.69) is 58.0 Å². The highest BCUT2D eigenvalue weighted by molar-refractivity contribution is 6.02. The minimum Gasteiger partial charge on any atom is -0.388 e. The summed E-state index contributed by atoms with van der Waals surface area (Å²) >= 11 is 0. The summed E-state index contributed by atoms with van der Waals surface area (Å²) in [5, 5.41) is 10.9. The minimum absolute atomic E-state index is 0.378. The summed E-state index contributed by atoms with van der Waals surface area (Å²) in [7, 11) is 0. The first-order chi connectivity index (χ1) is 14.0. The van der Waals surface area contributed by atoms with Gasteiger partial charge < -0.3 is 5.11 Å². The van der Waals surface area contributed by atoms with Crippen LogP contribution in [-0.2, 0) is 0 Å². The van der Waals surface area contributed by atoms with Gasteiger partial charge in [0.25, 0.3) is 0 Å². The van der Waals surface area contributed by atoms with Crippen LogP contribution in [0.4, 0.5) is 5.69 Å². The number of para-hydroxylation sites is 1. The molecule has 3 aromatic rings. The molecule has 2 nitrogen and oxygen atoms in total. The summed E-state index contributed by atoms with van der Waals surface area (Å²) in [5.74, 6) is 0.757. The fourth-order valence-corrected chi connectivity index (χ4v) is 3.61. The van der Waals surface area contributed by atoms with Crippen LogP contribution in [0.3, 0.4) is 0 Å². The molecule has 0 amide bonds. The maximum absolute atomic E-state index is 10.9. The quantitative estimate of drug-likeness (QED) is 0.429. The Morgan fingerprint density at radius 3 is 1.76 bits per heavy atom. The predicted molar refractivity (Wildman–Crippen MR) is 123 cm³/mol. The average molecular weight is 386 g/mol. The highest BCUT2D eigenvalue weighted by Gasteiger charge is 2.17. The van der Waals surface area contributed by atoms with Crippen LogP contribution in [0.25, 0.3) is 0 Å². The molecule has 0 heterocycles. The molecule has 0 aliphatic carbocycles. The van der Waals surface area contributed by atoms with Crippen molar-refractivity contribution in [1.29, 1.82) is 0 Å². The number of nitrogens with zero attached hydrogens (tertiary/aromatic N) is 1. The summed E-state index contributed by atoms with van der Waals surface area (Å²) in [6.07, 6.45) is -0.123. The van der Waals surface area contributed by atoms with Crippen molar-refractivity contribution < 1.29 is 5.11 Å². The molecule has 1 unspecified atom stereocenters. The zero-order valence-corrected chi connectivity index (χ0v) is 17.8. The third-order valence-electron chi connectivity index (χ3n) is 5.27. The van der Waals surface area contributed by atoms with Crippen LogP contribution in [0.1, 0.15) is 74.3 Å². The lowest BCUT2D eigenvalue weighted by atomic mass is 9.92. The van der Waals surface area contributed by atoms with Gasteiger partial charge in [-0.15, -0.1) is 0 Å². The normalized spacial score (nSPS) is 13.1. The predicted octanol–water partition coefficient (Wildman–Crippen LogP) is 7.18. The van der Waals surface area contributed by atoms with Crippen molar-refractivity contribution in [3.05, 3.63) is 101 Å². The number of benzene rings is 3. The number of hydrogen-bond acceptors (Lipinski definition) is 2. The van der Waals surface area contributed by atoms with E-state index in [9.17, 15) is 5.11 Å². The molecule has 29 heavy (non-hydrogen) atoms. The molecule has 0 spiro atoms. The lowest BCUT2D eigenvalue weighted by molar-refractivity contribution is 0.186. The van der Waals surface area contributed by atoms with E-state index in [4.69, 9.17) is 4.99 Å². The Kier molecular flexibility index (Phi) is 7.00. The van der Waals surface area contributed by atoms with Crippen molar-refractivity contribution in [2.45, 2.75) is 52.1 Å². The van der Waals surface area contributed by atoms with E-state index >= 15 is 0 Å². The van der Waals surface area contributed by atoms with Gasteiger partial charge in [-0.3, -0.25) is 4.99 Å². The van der Waals surface area contributed by atoms with E-state index in [0.717, 1.165) is 22.5 Å². The van der Waals surface area contributed by atoms with Crippen molar-refractivity contribution >= 4 is 11.4 Å². The molecule has 0 saturated heterocycles. The van der Waals surface area contributed by atoms with Crippen LogP contribution in [0.15, 0.2) is 83.9 Å². The standard InChI is InChI=1S/C27H31NO/c1-19(2)23-16-11-17-24(20(3)4)27(23)28-25(21-12-7-5-8-13-21)18-26(29)22-14-9-6-10-15-22/h5-17,19-20,26,29H,18H2,1-4H3. The first-order valence-corrected chi connectivity index (χ1v) is 10.5. The van der Waals surface area contributed by atoms with Crippen LogP contribution in [-0.4, -0.2) is 10.8 Å². The van der Waals surface area contributed by atoms with Gasteiger partial charge in [0.15, 0.2) is 0 Å². The van der Waals surface area contributed by atoms with E-state index in [1.165, 1.54) is 11.1 Å². The third-order valence-corrected chi connectivity index (χ3v) is 5.27. The Morgan fingerprint density at radius 1 is 0.724 bits per heavy atom. The van der Waals surface area contributed by atoms with Crippen LogP contribution < -0.4 is 0 Å². The van der Waals surface area contributed by atoms with Crippen molar-refractivity contribution in [2.75, 3.05) is 0 Å². The Balaban J connectivity index is 2.11. The van der Waals surface area contributed by atoms with Crippen LogP contribution in [0.2, 0.25) is 0 Å². The second-order valence-corrected chi connectivity index (χ2v) is 8.15. The molecule has 3 aromatic carbocycles. The second kappa shape index (κ2) is 9.67. The van der Waals surface area contributed by atoms with Gasteiger partial charge in [-0.2, -0.15) is 0 Å². The molecule has 0 bridgehead atoms. The Labute approximate surface area is 175 Å². The van der Waals surface area contributed by atoms with Gasteiger partial charge in [0.1, 0.15) is 0 Å². The van der Waals surface area contributed by atoms with Crippen LogP contribution >= 0.6 is 0 Å². The van der Waals surface area contributed by atoms with Crippen LogP contribution in [0, 0.1) is 0 Å². The first-order valence-electron chi connectivity index (χ1n) is 10.5. The first kappa shape index (κ1) is 21.0. The van der Waals surface area contributed by atoms with Gasteiger partial charge in [-0.1, -0.05) is 107 Å². The largest absolute Gasteiger partial charge is 0.388 e. The number of aliphatic hydroxyl groups excluding tert-OH is 1. The molecule has 150 valence electrons. The van der Waals surface area contributed by atoms with Gasteiger partial charge in [0, 0.05) is 6.42 Å². The molecule has 1 N–H and O–H groups in total. The highest BCUT2D eigenvalue weighted by atomic mass is 16.3. The van der Waals surface area contributed by atoms with Gasteiger partial charge in [-0.25, -0.2) is 0 Å². The smallest absolute Gasteiger partial charge is 0.0845 e. The topological polar surface area (TPSA) is 32.6 Å². The summed E-state index contributed by atoms with van der Waals surface area (Å²) in [6.45, 7) is 8.83. The fraction of sp³-hybridized carbons (Fsp3) is 0.296. The van der Waals surface area contributed by atoms with E-state index in [-0.39, 0.29) is 0 Å². The minimum atomic E-state index is -0.594. The van der Waals surface area contributed by atoms with E-state index in [1.54, 1.807) is 0 Å². The third kappa shape index (κ3) is 5.21. The van der Waals surface area contributed by atoms with Gasteiger partial charge in [0.05, 0.1) is 17.5 Å². The fourth-order valence-electron chi connectivity index (χ4n) is 3.61. The molecule has 0 aliphatic heterocycles. The zero-order valence-electron chi connectivity index (χ0n) is 17.8. The monoisotopic (exact) mass is 385 g/mol. The maximum atomic E-state index is 10.9. The maximum Gasteiger partial charge on any atom is 0.0845 e. The highest BCUT2D eigenvalue weighted by Crippen LogP contribution is 2.36. The molecule has 0 fully saturated rings. The van der Waals surface area contributed by atoms with Crippen molar-refractivity contribution in [3.8, 4) is 0 Å². The van der Waals surface area contributed by atoms with Crippen molar-refractivity contribution in [1.82, 2.24) is 0 Å². The van der Waals surface area contributed by atoms with Gasteiger partial charge >= 0.3 is 0 Å². The van der Waals surface area contributed by atoms with E-state index in [0.29, 0.717) is 18.3 Å². The molecule has 2 heteroatoms. The summed E-state index contributed by atoms with van der Waals surface area (Å²) in [4.78, 5) is 5.19. The Hall–Kier alpha value is -2.71. The summed E-state index contributed by atoms with van der Waals surface area (Å²) in [5.41, 5.74) is 6.43. The number of aliphatic hydroxyl groups is 1. The number of aliphatic imine (C=N–C) groups is 1. The number of rotatable bonds is 7. The zero-order chi connectivity index (χ0) is 20.8. The lowest BCUT2D eigenvalue weighted by Crippen LogP contribution is -2.09. The molecule has 0 aliphatic rings. The van der Waals surface area contributed by atoms with Crippen LogP contribution in [0.5, 0.6) is 0 Å². The summed E-state index contributed by atoms with van der Waals surface area (Å²) < 4.78 is 0. The van der Waals surface area contributed by atoms with Gasteiger partial charge in [-0.05, 0) is 34.1 Å². The molecular formula is C27H31NO. The second-order valence-electron chi connectivity index (χ2n) is 8.15. The molecule has 3 rings (SSSR count). The molecule has 0 aromatic heterocycles. The molecular weight excluding hydrogens is 354 g/mol. The van der Waals surface area contributed by atoms with Gasteiger partial charge in [0.2, 0.25) is 0 Å². The molecule has 1 atom stereocenters. The Morgan fingerprint density at radius 2 is 1.24 bits per heavy atom. The lowest BCUT2D eigenvalue weighted by Gasteiger charge is -2.19. The molecule has 0 radical (unpaired) electrons. The number of hydrogen-bond donors (Lipinski definition) is 1. The SMILES string of the molecule is CC(C)c1cccc(C(C)C)c1N=C(CC(O)c1ccccc1)c1ccccc1. The van der Waals surface area contributed by atoms with E-state index in [1.807, 2.05) is 48.5 Å². The van der Waals surface area contributed by atoms with Crippen molar-refractivity contribution in [2.24, 2.45) is 4.99 Å².